The van der Waals surface area contributed by atoms with Crippen LogP contribution in [0, 0.1) is 6.92 Å². The predicted molar refractivity (Wildman–Crippen MR) is 176 cm³/mol. The third-order valence-electron chi connectivity index (χ3n) is 8.54. The number of amides is 1. The summed E-state index contributed by atoms with van der Waals surface area (Å²) in [4.78, 5) is 18.6. The third-order valence-corrected chi connectivity index (χ3v) is 10.2. The van der Waals surface area contributed by atoms with E-state index in [1.165, 1.54) is 28.0 Å². The molecule has 5 aromatic carbocycles. The van der Waals surface area contributed by atoms with Crippen molar-refractivity contribution in [3.63, 3.8) is 0 Å². The van der Waals surface area contributed by atoms with E-state index in [2.05, 4.69) is 137 Å². The molecule has 8 rings (SSSR count). The lowest BCUT2D eigenvalue weighted by Crippen LogP contribution is -2.44. The molecule has 1 spiro atoms. The van der Waals surface area contributed by atoms with Gasteiger partial charge in [-0.25, -0.2) is 0 Å². The molecule has 2 aliphatic heterocycles. The number of hydrogen-bond acceptors (Lipinski definition) is 3. The Morgan fingerprint density at radius 3 is 1.55 bits per heavy atom. The molecule has 0 saturated carbocycles. The van der Waals surface area contributed by atoms with Gasteiger partial charge in [-0.1, -0.05) is 90.5 Å². The zero-order valence-corrected chi connectivity index (χ0v) is 25.2. The minimum atomic E-state index is -0.635. The Labute approximate surface area is 257 Å². The van der Waals surface area contributed by atoms with E-state index in [-0.39, 0.29) is 5.91 Å². The lowest BCUT2D eigenvalue weighted by atomic mass is 9.60. The van der Waals surface area contributed by atoms with Crippen LogP contribution in [0.15, 0.2) is 137 Å². The van der Waals surface area contributed by atoms with E-state index in [1.807, 2.05) is 27.8 Å². The molecular weight excluding hydrogens is 600 g/mol. The lowest BCUT2D eigenvalue weighted by molar-refractivity contribution is 0.0998. The number of halogens is 1. The van der Waals surface area contributed by atoms with Crippen molar-refractivity contribution in [3.05, 3.63) is 170 Å². The number of aryl methyl sites for hydroxylation is 1. The number of rotatable bonds is 2. The first-order valence-electron chi connectivity index (χ1n) is 13.9. The van der Waals surface area contributed by atoms with Crippen molar-refractivity contribution in [3.8, 4) is 0 Å². The molecule has 202 valence electrons. The van der Waals surface area contributed by atoms with Gasteiger partial charge in [0.2, 0.25) is 0 Å². The van der Waals surface area contributed by atoms with Gasteiger partial charge in [0.25, 0.3) is 5.91 Å². The predicted octanol–water partition coefficient (Wildman–Crippen LogP) is 10.3. The molecule has 0 unspecified atom stereocenters. The van der Waals surface area contributed by atoms with Gasteiger partial charge in [-0.3, -0.25) is 9.69 Å². The van der Waals surface area contributed by atoms with Gasteiger partial charge < -0.3 is 4.90 Å². The molecule has 42 heavy (non-hydrogen) atoms. The number of para-hydroxylation sites is 4. The molecule has 0 bridgehead atoms. The van der Waals surface area contributed by atoms with Crippen LogP contribution >= 0.6 is 27.3 Å². The maximum atomic E-state index is 14.3. The number of hydrogen-bond donors (Lipinski definition) is 0. The molecular formula is C37H25BrN2OS. The lowest BCUT2D eigenvalue weighted by Gasteiger charge is -2.50. The highest BCUT2D eigenvalue weighted by molar-refractivity contribution is 9.10. The standard InChI is InChI=1S/C37H25BrN2OS/c1-24-18-20-25(21-19-24)39-32-14-6-2-10-27(32)37(28-11-3-7-15-33(28)39)29-12-4-8-16-34(29)40(35-17-9-5-13-30(35)37)36(41)26-22-42-23-31(26)38/h2-23H,1H3. The van der Waals surface area contributed by atoms with Crippen molar-refractivity contribution < 1.29 is 4.79 Å². The minimum absolute atomic E-state index is 0.0449. The van der Waals surface area contributed by atoms with Crippen LogP contribution in [-0.4, -0.2) is 5.91 Å². The normalized spacial score (nSPS) is 14.1. The van der Waals surface area contributed by atoms with E-state index in [9.17, 15) is 4.79 Å². The fraction of sp³-hybridized carbons (Fsp3) is 0.0541. The fourth-order valence-corrected chi connectivity index (χ4v) is 8.26. The number of thiophene rings is 1. The first kappa shape index (κ1) is 25.3. The second kappa shape index (κ2) is 9.55. The zero-order valence-electron chi connectivity index (χ0n) is 22.8. The molecule has 0 radical (unpaired) electrons. The summed E-state index contributed by atoms with van der Waals surface area (Å²) in [5.41, 5.74) is 11.0. The molecule has 6 aromatic rings. The maximum absolute atomic E-state index is 14.3. The van der Waals surface area contributed by atoms with Crippen LogP contribution in [0.5, 0.6) is 0 Å². The molecule has 0 atom stereocenters. The second-order valence-electron chi connectivity index (χ2n) is 10.8. The summed E-state index contributed by atoms with van der Waals surface area (Å²) in [6.45, 7) is 2.12. The van der Waals surface area contributed by atoms with Crippen LogP contribution in [-0.2, 0) is 5.41 Å². The first-order valence-corrected chi connectivity index (χ1v) is 15.7. The number of nitrogens with zero attached hydrogens (tertiary/aromatic N) is 2. The van der Waals surface area contributed by atoms with Gasteiger partial charge >= 0.3 is 0 Å². The Hall–Kier alpha value is -4.45. The van der Waals surface area contributed by atoms with Crippen LogP contribution in [0.1, 0.15) is 38.2 Å². The molecule has 1 aromatic heterocycles. The molecule has 2 aliphatic rings. The van der Waals surface area contributed by atoms with Crippen molar-refractivity contribution in [2.75, 3.05) is 9.80 Å². The summed E-state index contributed by atoms with van der Waals surface area (Å²) in [6.07, 6.45) is 0. The Morgan fingerprint density at radius 2 is 1.07 bits per heavy atom. The van der Waals surface area contributed by atoms with E-state index in [0.717, 1.165) is 44.0 Å². The van der Waals surface area contributed by atoms with E-state index in [1.54, 1.807) is 0 Å². The van der Waals surface area contributed by atoms with Gasteiger partial charge in [-0.05, 0) is 81.5 Å². The number of anilines is 5. The average molecular weight is 626 g/mol. The maximum Gasteiger partial charge on any atom is 0.264 e. The quantitative estimate of drug-likeness (QED) is 0.191. The van der Waals surface area contributed by atoms with Crippen LogP contribution in [0.25, 0.3) is 0 Å². The number of carbonyl (C=O) groups excluding carboxylic acids is 1. The Bertz CT molecular complexity index is 1910. The number of benzene rings is 5. The van der Waals surface area contributed by atoms with Crippen molar-refractivity contribution >= 4 is 61.6 Å². The van der Waals surface area contributed by atoms with Crippen molar-refractivity contribution in [2.24, 2.45) is 0 Å². The highest BCUT2D eigenvalue weighted by Crippen LogP contribution is 2.63. The van der Waals surface area contributed by atoms with Crippen molar-refractivity contribution in [2.45, 2.75) is 12.3 Å². The van der Waals surface area contributed by atoms with Crippen molar-refractivity contribution in [1.29, 1.82) is 0 Å². The molecule has 1 amide bonds. The van der Waals surface area contributed by atoms with E-state index in [4.69, 9.17) is 0 Å². The van der Waals surface area contributed by atoms with Crippen molar-refractivity contribution in [1.82, 2.24) is 0 Å². The summed E-state index contributed by atoms with van der Waals surface area (Å²) < 4.78 is 0.815. The second-order valence-corrected chi connectivity index (χ2v) is 12.4. The van der Waals surface area contributed by atoms with Gasteiger partial charge in [0.15, 0.2) is 0 Å². The largest absolute Gasteiger partial charge is 0.310 e. The first-order chi connectivity index (χ1) is 20.6. The van der Waals surface area contributed by atoms with Crippen LogP contribution in [0.3, 0.4) is 0 Å². The number of fused-ring (bicyclic) bond motifs is 8. The monoisotopic (exact) mass is 624 g/mol. The van der Waals surface area contributed by atoms with Gasteiger partial charge in [-0.2, -0.15) is 11.3 Å². The molecule has 0 aliphatic carbocycles. The Kier molecular flexibility index (Phi) is 5.75. The van der Waals surface area contributed by atoms with E-state index < -0.39 is 5.41 Å². The molecule has 0 N–H and O–H groups in total. The van der Waals surface area contributed by atoms with E-state index >= 15 is 0 Å². The topological polar surface area (TPSA) is 23.6 Å². The highest BCUT2D eigenvalue weighted by atomic mass is 79.9. The summed E-state index contributed by atoms with van der Waals surface area (Å²) in [5.74, 6) is -0.0449. The molecule has 3 nitrogen and oxygen atoms in total. The zero-order chi connectivity index (χ0) is 28.4. The van der Waals surface area contributed by atoms with Gasteiger partial charge in [0.05, 0.1) is 33.7 Å². The molecule has 3 heterocycles. The Morgan fingerprint density at radius 1 is 0.619 bits per heavy atom. The van der Waals surface area contributed by atoms with Crippen LogP contribution in [0.2, 0.25) is 0 Å². The summed E-state index contributed by atoms with van der Waals surface area (Å²) in [7, 11) is 0. The SMILES string of the molecule is Cc1ccc(N2c3ccccc3C3(c4ccccc4N(C(=O)c4cscc4Br)c4ccccc43)c3ccccc32)cc1. The van der Waals surface area contributed by atoms with Crippen LogP contribution in [0.4, 0.5) is 28.4 Å². The average Bonchev–Trinajstić information content (AvgIpc) is 3.47. The van der Waals surface area contributed by atoms with Gasteiger partial charge in [0, 0.05) is 20.9 Å². The molecule has 0 saturated heterocycles. The van der Waals surface area contributed by atoms with Crippen LogP contribution < -0.4 is 9.80 Å². The van der Waals surface area contributed by atoms with Gasteiger partial charge in [0.1, 0.15) is 0 Å². The third kappa shape index (κ3) is 3.41. The number of carbonyl (C=O) groups is 1. The fourth-order valence-electron chi connectivity index (χ4n) is 6.82. The molecule has 0 fully saturated rings. The summed E-state index contributed by atoms with van der Waals surface area (Å²) in [6, 6.07) is 43.0. The van der Waals surface area contributed by atoms with E-state index in [0.29, 0.717) is 5.56 Å². The highest BCUT2D eigenvalue weighted by Gasteiger charge is 2.52. The molecule has 5 heteroatoms. The minimum Gasteiger partial charge on any atom is -0.310 e. The summed E-state index contributed by atoms with van der Waals surface area (Å²) in [5, 5.41) is 3.89. The smallest absolute Gasteiger partial charge is 0.264 e. The summed E-state index contributed by atoms with van der Waals surface area (Å²) >= 11 is 5.14. The Balaban J connectivity index is 1.48. The van der Waals surface area contributed by atoms with Gasteiger partial charge in [-0.15, -0.1) is 0 Å².